The van der Waals surface area contributed by atoms with Crippen molar-refractivity contribution < 1.29 is 26.3 Å². The summed E-state index contributed by atoms with van der Waals surface area (Å²) < 4.78 is 65.6. The highest BCUT2D eigenvalue weighted by Crippen LogP contribution is 2.42. The van der Waals surface area contributed by atoms with Gasteiger partial charge in [-0.25, -0.2) is 8.42 Å². The fourth-order valence-corrected chi connectivity index (χ4v) is 4.08. The Hall–Kier alpha value is -2.09. The minimum atomic E-state index is -5.06. The van der Waals surface area contributed by atoms with Crippen LogP contribution in [0.3, 0.4) is 0 Å². The van der Waals surface area contributed by atoms with E-state index in [9.17, 15) is 26.8 Å². The van der Waals surface area contributed by atoms with Gasteiger partial charge in [0.1, 0.15) is 0 Å². The van der Waals surface area contributed by atoms with E-state index >= 15 is 0 Å². The molecule has 2 rings (SSSR count). The second kappa shape index (κ2) is 5.84. The highest BCUT2D eigenvalue weighted by atomic mass is 32.2. The lowest BCUT2D eigenvalue weighted by Gasteiger charge is -2.22. The van der Waals surface area contributed by atoms with Crippen LogP contribution in [0.4, 0.5) is 13.2 Å². The Kier molecular flexibility index (Phi) is 4.39. The molecule has 0 spiro atoms. The fraction of sp³-hybridized carbons (Fsp3) is 0.267. The molecule has 0 saturated carbocycles. The summed E-state index contributed by atoms with van der Waals surface area (Å²) in [7, 11) is -4.96. The normalized spacial score (nSPS) is 13.8. The number of alkyl halides is 3. The van der Waals surface area contributed by atoms with Gasteiger partial charge >= 0.3 is 11.2 Å². The number of halogens is 3. The maximum Gasteiger partial charge on any atom is 0.410 e. The number of nitrogens with zero attached hydrogens (tertiary/aromatic N) is 1. The van der Waals surface area contributed by atoms with Gasteiger partial charge in [0.15, 0.2) is 11.4 Å². The van der Waals surface area contributed by atoms with E-state index in [1.165, 1.54) is 31.2 Å². The van der Waals surface area contributed by atoms with Crippen molar-refractivity contribution in [2.45, 2.75) is 30.3 Å². The van der Waals surface area contributed by atoms with Gasteiger partial charge in [-0.2, -0.15) is 17.9 Å². The third-order valence-electron chi connectivity index (χ3n) is 3.40. The molecule has 124 valence electrons. The Balaban J connectivity index is 2.75. The molecule has 23 heavy (non-hydrogen) atoms. The average Bonchev–Trinajstić information content (AvgIpc) is 2.41. The first-order valence-electron chi connectivity index (χ1n) is 6.61. The van der Waals surface area contributed by atoms with Crippen molar-refractivity contribution in [3.05, 3.63) is 64.5 Å². The quantitative estimate of drug-likeness (QED) is 0.635. The lowest BCUT2D eigenvalue weighted by atomic mass is 10.0. The summed E-state index contributed by atoms with van der Waals surface area (Å²) in [5.41, 5.74) is 0.314. The van der Waals surface area contributed by atoms with Gasteiger partial charge in [-0.3, -0.25) is 0 Å². The topological polar surface area (TPSA) is 61.1 Å². The van der Waals surface area contributed by atoms with Crippen LogP contribution in [0.5, 0.6) is 0 Å². The number of pyridine rings is 1. The molecule has 0 amide bonds. The van der Waals surface area contributed by atoms with Gasteiger partial charge in [-0.15, -0.1) is 0 Å². The molecule has 0 radical (unpaired) electrons. The molecular formula is C15H14F3NO3S. The van der Waals surface area contributed by atoms with E-state index in [4.69, 9.17) is 0 Å². The summed E-state index contributed by atoms with van der Waals surface area (Å²) in [6.45, 7) is 2.97. The highest BCUT2D eigenvalue weighted by molar-refractivity contribution is 7.91. The lowest BCUT2D eigenvalue weighted by Crippen LogP contribution is -2.38. The first-order chi connectivity index (χ1) is 10.5. The third-order valence-corrected chi connectivity index (χ3v) is 5.45. The van der Waals surface area contributed by atoms with Gasteiger partial charge in [0, 0.05) is 12.1 Å². The van der Waals surface area contributed by atoms with Crippen molar-refractivity contribution in [2.24, 2.45) is 0 Å². The van der Waals surface area contributed by atoms with Gasteiger partial charge < -0.3 is 5.21 Å². The molecule has 0 aliphatic heterocycles. The van der Waals surface area contributed by atoms with Crippen LogP contribution in [0.15, 0.2) is 47.6 Å². The molecule has 0 bridgehead atoms. The van der Waals surface area contributed by atoms with Crippen LogP contribution in [0.2, 0.25) is 0 Å². The number of hydrogen-bond acceptors (Lipinski definition) is 3. The summed E-state index contributed by atoms with van der Waals surface area (Å²) >= 11 is 0. The molecule has 2 aromatic rings. The highest BCUT2D eigenvalue weighted by Gasteiger charge is 2.53. The molecule has 1 unspecified atom stereocenters. The Morgan fingerprint density at radius 3 is 2.35 bits per heavy atom. The Labute approximate surface area is 131 Å². The molecule has 0 N–H and O–H groups in total. The first-order valence-corrected chi connectivity index (χ1v) is 8.15. The molecule has 0 fully saturated rings. The third kappa shape index (κ3) is 3.31. The van der Waals surface area contributed by atoms with Crippen molar-refractivity contribution >= 4 is 9.84 Å². The predicted octanol–water partition coefficient (Wildman–Crippen LogP) is 3.01. The molecule has 0 aliphatic carbocycles. The van der Waals surface area contributed by atoms with E-state index < -0.39 is 26.3 Å². The molecule has 4 nitrogen and oxygen atoms in total. The largest absolute Gasteiger partial charge is 0.618 e. The molecule has 1 atom stereocenters. The van der Waals surface area contributed by atoms with Crippen LogP contribution in [0.1, 0.15) is 21.9 Å². The van der Waals surface area contributed by atoms with Gasteiger partial charge in [0.2, 0.25) is 0 Å². The zero-order chi connectivity index (χ0) is 17.4. The molecular weight excluding hydrogens is 331 g/mol. The summed E-state index contributed by atoms with van der Waals surface area (Å²) in [5.74, 6) is 0. The van der Waals surface area contributed by atoms with Crippen molar-refractivity contribution in [1.29, 1.82) is 0 Å². The number of benzene rings is 1. The van der Waals surface area contributed by atoms with Crippen molar-refractivity contribution in [3.63, 3.8) is 0 Å². The van der Waals surface area contributed by atoms with Gasteiger partial charge in [-0.1, -0.05) is 23.8 Å². The molecule has 8 heteroatoms. The number of sulfone groups is 1. The maximum atomic E-state index is 13.5. The number of hydrogen-bond donors (Lipinski definition) is 0. The molecule has 0 aliphatic rings. The van der Waals surface area contributed by atoms with Crippen molar-refractivity contribution in [2.75, 3.05) is 0 Å². The Morgan fingerprint density at radius 1 is 1.13 bits per heavy atom. The standard InChI is InChI=1S/C15H14F3NO3S/c1-10-6-7-11(2)12(9-10)14(15(16,17)18)23(21,22)13-5-3-4-8-19(13)20/h3-9,14H,1-2H3. The molecule has 0 saturated heterocycles. The van der Waals surface area contributed by atoms with Crippen LogP contribution in [0, 0.1) is 19.1 Å². The van der Waals surface area contributed by atoms with Crippen LogP contribution < -0.4 is 4.73 Å². The van der Waals surface area contributed by atoms with Crippen LogP contribution >= 0.6 is 0 Å². The fourth-order valence-electron chi connectivity index (χ4n) is 2.32. The Morgan fingerprint density at radius 2 is 1.78 bits per heavy atom. The first kappa shape index (κ1) is 17.3. The predicted molar refractivity (Wildman–Crippen MR) is 77.3 cm³/mol. The second-order valence-electron chi connectivity index (χ2n) is 5.19. The monoisotopic (exact) mass is 345 g/mol. The van der Waals surface area contributed by atoms with E-state index in [0.717, 1.165) is 12.3 Å². The zero-order valence-corrected chi connectivity index (χ0v) is 13.1. The number of aryl methyl sites for hydroxylation is 2. The van der Waals surface area contributed by atoms with E-state index in [1.807, 2.05) is 0 Å². The van der Waals surface area contributed by atoms with E-state index in [-0.39, 0.29) is 15.9 Å². The average molecular weight is 345 g/mol. The van der Waals surface area contributed by atoms with E-state index in [1.54, 1.807) is 13.0 Å². The summed E-state index contributed by atoms with van der Waals surface area (Å²) in [4.78, 5) is 0. The van der Waals surface area contributed by atoms with E-state index in [0.29, 0.717) is 5.56 Å². The van der Waals surface area contributed by atoms with Crippen LogP contribution in [-0.4, -0.2) is 14.6 Å². The minimum absolute atomic E-state index is 0.0702. The summed E-state index contributed by atoms with van der Waals surface area (Å²) in [6.07, 6.45) is -4.20. The zero-order valence-electron chi connectivity index (χ0n) is 12.3. The van der Waals surface area contributed by atoms with Crippen LogP contribution in [-0.2, 0) is 9.84 Å². The van der Waals surface area contributed by atoms with Crippen molar-refractivity contribution in [1.82, 2.24) is 0 Å². The SMILES string of the molecule is Cc1ccc(C)c(C(C(F)(F)F)S(=O)(=O)c2cccc[n+]2[O-])c1. The summed E-state index contributed by atoms with van der Waals surface area (Å²) in [6, 6.07) is 7.52. The van der Waals surface area contributed by atoms with Crippen molar-refractivity contribution in [3.8, 4) is 0 Å². The van der Waals surface area contributed by atoms with Gasteiger partial charge in [0.05, 0.1) is 0 Å². The summed E-state index contributed by atoms with van der Waals surface area (Å²) in [5, 5.41) is 7.93. The number of rotatable bonds is 3. The molecule has 1 heterocycles. The molecule has 1 aromatic carbocycles. The Bertz CT molecular complexity index is 832. The van der Waals surface area contributed by atoms with E-state index in [2.05, 4.69) is 0 Å². The molecule has 1 aromatic heterocycles. The minimum Gasteiger partial charge on any atom is -0.618 e. The van der Waals surface area contributed by atoms with Crippen LogP contribution in [0.25, 0.3) is 0 Å². The number of aromatic nitrogens is 1. The lowest BCUT2D eigenvalue weighted by molar-refractivity contribution is -0.646. The smallest absolute Gasteiger partial charge is 0.410 e. The van der Waals surface area contributed by atoms with Gasteiger partial charge in [-0.05, 0) is 31.0 Å². The second-order valence-corrected chi connectivity index (χ2v) is 7.17. The maximum absolute atomic E-state index is 13.5. The van der Waals surface area contributed by atoms with Gasteiger partial charge in [0.25, 0.3) is 9.84 Å².